The van der Waals surface area contributed by atoms with Gasteiger partial charge in [0.2, 0.25) is 23.0 Å². The third-order valence-corrected chi connectivity index (χ3v) is 7.75. The monoisotopic (exact) mass is 508 g/mol. The summed E-state index contributed by atoms with van der Waals surface area (Å²) in [7, 11) is 0. The number of fused-ring (bicyclic) bond motifs is 2. The number of ketones is 2. The number of aromatic nitrogens is 3. The van der Waals surface area contributed by atoms with Crippen molar-refractivity contribution in [2.75, 3.05) is 0 Å². The molecule has 0 fully saturated rings. The molecular formula is C32H50N3O2+. The van der Waals surface area contributed by atoms with Crippen LogP contribution in [-0.4, -0.2) is 21.5 Å². The van der Waals surface area contributed by atoms with Gasteiger partial charge in [-0.25, -0.2) is 0 Å². The summed E-state index contributed by atoms with van der Waals surface area (Å²) in [6, 6.07) is 7.23. The number of aryl methyl sites for hydroxylation is 2. The molecule has 0 amide bonds. The average Bonchev–Trinajstić information content (AvgIpc) is 3.28. The van der Waals surface area contributed by atoms with E-state index in [-0.39, 0.29) is 11.6 Å². The maximum absolute atomic E-state index is 13.4. The molecule has 1 heterocycles. The Kier molecular flexibility index (Phi) is 13.1. The molecule has 1 aromatic heterocycles. The van der Waals surface area contributed by atoms with Crippen molar-refractivity contribution >= 4 is 11.6 Å². The minimum atomic E-state index is -0.0564. The summed E-state index contributed by atoms with van der Waals surface area (Å²) < 4.78 is 3.67. The SMILES string of the molecule is CCCCCCCCCCCC[n+]1nn(CCCCCCCCCC)c2c1C(=O)c1ccccc1C2=O. The van der Waals surface area contributed by atoms with Gasteiger partial charge in [0, 0.05) is 11.1 Å². The van der Waals surface area contributed by atoms with Crippen molar-refractivity contribution in [3.05, 3.63) is 46.8 Å². The molecule has 0 unspecified atom stereocenters. The van der Waals surface area contributed by atoms with Crippen molar-refractivity contribution in [3.63, 3.8) is 0 Å². The Morgan fingerprint density at radius 2 is 1.08 bits per heavy atom. The van der Waals surface area contributed by atoms with Gasteiger partial charge in [0.15, 0.2) is 0 Å². The zero-order valence-corrected chi connectivity index (χ0v) is 23.6. The minimum absolute atomic E-state index is 0.0561. The summed E-state index contributed by atoms with van der Waals surface area (Å²) in [6.45, 7) is 5.91. The molecule has 1 aromatic carbocycles. The molecule has 0 saturated carbocycles. The molecule has 2 aromatic rings. The number of carbonyl (C=O) groups excluding carboxylic acids is 2. The van der Waals surface area contributed by atoms with Crippen LogP contribution in [0.2, 0.25) is 0 Å². The molecule has 0 spiro atoms. The highest BCUT2D eigenvalue weighted by Gasteiger charge is 2.42. The van der Waals surface area contributed by atoms with Gasteiger partial charge in [-0.1, -0.05) is 128 Å². The van der Waals surface area contributed by atoms with Gasteiger partial charge >= 0.3 is 0 Å². The maximum Gasteiger partial charge on any atom is 0.249 e. The highest BCUT2D eigenvalue weighted by atomic mass is 16.1. The summed E-state index contributed by atoms with van der Waals surface area (Å²) in [5.41, 5.74) is 2.03. The van der Waals surface area contributed by atoms with Crippen LogP contribution < -0.4 is 4.68 Å². The van der Waals surface area contributed by atoms with Crippen LogP contribution in [0, 0.1) is 0 Å². The second kappa shape index (κ2) is 16.5. The van der Waals surface area contributed by atoms with Crippen molar-refractivity contribution < 1.29 is 14.3 Å². The first-order valence-corrected chi connectivity index (χ1v) is 15.4. The summed E-state index contributed by atoms with van der Waals surface area (Å²) >= 11 is 0. The second-order valence-corrected chi connectivity index (χ2v) is 10.9. The Hall–Kier alpha value is -2.30. The third kappa shape index (κ3) is 8.61. The van der Waals surface area contributed by atoms with Crippen LogP contribution in [0.1, 0.15) is 162 Å². The lowest BCUT2D eigenvalue weighted by Crippen LogP contribution is -2.43. The lowest BCUT2D eigenvalue weighted by atomic mass is 9.90. The highest BCUT2D eigenvalue weighted by molar-refractivity contribution is 6.26. The summed E-state index contributed by atoms with van der Waals surface area (Å²) in [5.74, 6) is -0.112. The fraction of sp³-hybridized carbons (Fsp3) is 0.688. The van der Waals surface area contributed by atoms with E-state index in [0.29, 0.717) is 35.6 Å². The van der Waals surface area contributed by atoms with E-state index in [4.69, 9.17) is 5.21 Å². The summed E-state index contributed by atoms with van der Waals surface area (Å²) in [5, 5.41) is 4.80. The molecule has 1 aliphatic rings. The van der Waals surface area contributed by atoms with Gasteiger partial charge in [-0.3, -0.25) is 9.59 Å². The van der Waals surface area contributed by atoms with Crippen LogP contribution in [0.15, 0.2) is 24.3 Å². The fourth-order valence-electron chi connectivity index (χ4n) is 5.51. The van der Waals surface area contributed by atoms with Gasteiger partial charge in [0.05, 0.1) is 5.21 Å². The van der Waals surface area contributed by atoms with Gasteiger partial charge in [0.1, 0.15) is 13.1 Å². The van der Waals surface area contributed by atoms with Gasteiger partial charge in [-0.2, -0.15) is 0 Å². The number of hydrogen-bond acceptors (Lipinski definition) is 3. The van der Waals surface area contributed by atoms with E-state index >= 15 is 0 Å². The molecule has 204 valence electrons. The van der Waals surface area contributed by atoms with E-state index in [2.05, 4.69) is 13.8 Å². The van der Waals surface area contributed by atoms with Crippen molar-refractivity contribution in [1.82, 2.24) is 9.90 Å². The smallest absolute Gasteiger partial charge is 0.249 e. The van der Waals surface area contributed by atoms with Crippen molar-refractivity contribution in [2.24, 2.45) is 0 Å². The van der Waals surface area contributed by atoms with Gasteiger partial charge in [-0.05, 0) is 25.7 Å². The Morgan fingerprint density at radius 3 is 1.62 bits per heavy atom. The number of nitrogens with zero attached hydrogens (tertiary/aromatic N) is 3. The predicted molar refractivity (Wildman–Crippen MR) is 150 cm³/mol. The highest BCUT2D eigenvalue weighted by Crippen LogP contribution is 2.25. The first kappa shape index (κ1) is 29.3. The van der Waals surface area contributed by atoms with E-state index in [1.165, 1.54) is 89.9 Å². The summed E-state index contributed by atoms with van der Waals surface area (Å²) in [6.07, 6.45) is 22.6. The van der Waals surface area contributed by atoms with Gasteiger partial charge in [0.25, 0.3) is 0 Å². The molecular weight excluding hydrogens is 458 g/mol. The lowest BCUT2D eigenvalue weighted by Gasteiger charge is -2.11. The molecule has 5 heteroatoms. The lowest BCUT2D eigenvalue weighted by molar-refractivity contribution is -0.757. The molecule has 5 nitrogen and oxygen atoms in total. The van der Waals surface area contributed by atoms with Crippen molar-refractivity contribution in [1.29, 1.82) is 0 Å². The number of rotatable bonds is 20. The molecule has 0 bridgehead atoms. The van der Waals surface area contributed by atoms with E-state index in [9.17, 15) is 9.59 Å². The molecule has 1 aliphatic carbocycles. The van der Waals surface area contributed by atoms with E-state index in [1.54, 1.807) is 12.1 Å². The number of unbranched alkanes of at least 4 members (excludes halogenated alkanes) is 16. The van der Waals surface area contributed by atoms with Crippen LogP contribution in [0.4, 0.5) is 0 Å². The zero-order chi connectivity index (χ0) is 26.3. The molecule has 0 aliphatic heterocycles. The second-order valence-electron chi connectivity index (χ2n) is 10.9. The van der Waals surface area contributed by atoms with Crippen molar-refractivity contribution in [3.8, 4) is 0 Å². The van der Waals surface area contributed by atoms with Crippen LogP contribution in [0.3, 0.4) is 0 Å². The van der Waals surface area contributed by atoms with Crippen molar-refractivity contribution in [2.45, 2.75) is 143 Å². The molecule has 0 radical (unpaired) electrons. The molecule has 3 rings (SSSR count). The normalized spacial score (nSPS) is 12.7. The van der Waals surface area contributed by atoms with Crippen LogP contribution in [-0.2, 0) is 13.1 Å². The van der Waals surface area contributed by atoms with Crippen LogP contribution in [0.5, 0.6) is 0 Å². The molecule has 37 heavy (non-hydrogen) atoms. The Labute approximate surface area is 225 Å². The van der Waals surface area contributed by atoms with E-state index in [0.717, 1.165) is 25.7 Å². The molecule has 0 atom stereocenters. The zero-order valence-electron chi connectivity index (χ0n) is 23.6. The summed E-state index contributed by atoms with van der Waals surface area (Å²) in [4.78, 5) is 26.9. The number of hydrogen-bond donors (Lipinski definition) is 0. The van der Waals surface area contributed by atoms with Crippen LogP contribution >= 0.6 is 0 Å². The predicted octanol–water partition coefficient (Wildman–Crippen LogP) is 8.01. The Balaban J connectivity index is 1.56. The quantitative estimate of drug-likeness (QED) is 0.115. The largest absolute Gasteiger partial charge is 0.284 e. The third-order valence-electron chi connectivity index (χ3n) is 7.75. The van der Waals surface area contributed by atoms with E-state index in [1.807, 2.05) is 21.5 Å². The first-order chi connectivity index (χ1) is 18.2. The molecule has 0 saturated heterocycles. The molecule has 0 N–H and O–H groups in total. The van der Waals surface area contributed by atoms with Gasteiger partial charge < -0.3 is 0 Å². The Morgan fingerprint density at radius 1 is 0.622 bits per heavy atom. The first-order valence-electron chi connectivity index (χ1n) is 15.4. The topological polar surface area (TPSA) is 55.8 Å². The average molecular weight is 509 g/mol. The Bertz CT molecular complexity index is 978. The number of carbonyl (C=O) groups is 2. The number of benzene rings is 1. The van der Waals surface area contributed by atoms with E-state index < -0.39 is 0 Å². The minimum Gasteiger partial charge on any atom is -0.284 e. The standard InChI is InChI=1S/C32H50N3O2/c1-3-5-7-9-11-13-14-16-18-22-26-35-30-29(31(36)27-23-19-20-24-28(27)32(30)37)34(33-35)25-21-17-15-12-10-8-6-4-2/h19-20,23-24H,3-18,21-22,25-26H2,1-2H3/q+1. The fourth-order valence-corrected chi connectivity index (χ4v) is 5.51. The van der Waals surface area contributed by atoms with Gasteiger partial charge in [-0.15, -0.1) is 9.36 Å². The van der Waals surface area contributed by atoms with Crippen LogP contribution in [0.25, 0.3) is 0 Å². The maximum atomic E-state index is 13.4.